The molecular weight excluding hydrogens is 154 g/mol. The average Bonchev–Trinajstić information content (AvgIpc) is 2.11. The lowest BCUT2D eigenvalue weighted by molar-refractivity contribution is -0.123. The molecular formula is C8H15N3O. The van der Waals surface area contributed by atoms with Crippen molar-refractivity contribution in [1.29, 1.82) is 5.26 Å². The smallest absolute Gasteiger partial charge is 0.238 e. The Morgan fingerprint density at radius 2 is 2.33 bits per heavy atom. The quantitative estimate of drug-likeness (QED) is 0.581. The predicted octanol–water partition coefficient (Wildman–Crippen LogP) is -0.000420. The molecule has 0 aromatic carbocycles. The van der Waals surface area contributed by atoms with E-state index in [1.165, 1.54) is 0 Å². The van der Waals surface area contributed by atoms with Crippen LogP contribution in [0.25, 0.3) is 0 Å². The minimum Gasteiger partial charge on any atom is -0.342 e. The normalized spacial score (nSPS) is 14.5. The summed E-state index contributed by atoms with van der Waals surface area (Å²) >= 11 is 0. The highest BCUT2D eigenvalue weighted by Gasteiger charge is 2.18. The van der Waals surface area contributed by atoms with E-state index in [1.807, 2.05) is 19.9 Å². The van der Waals surface area contributed by atoms with Crippen molar-refractivity contribution >= 4 is 5.91 Å². The number of nitrogens with one attached hydrogen (secondary N) is 1. The van der Waals surface area contributed by atoms with Gasteiger partial charge in [-0.1, -0.05) is 20.3 Å². The van der Waals surface area contributed by atoms with Gasteiger partial charge in [0.2, 0.25) is 5.91 Å². The largest absolute Gasteiger partial charge is 0.342 e. The van der Waals surface area contributed by atoms with Gasteiger partial charge in [0.15, 0.2) is 0 Å². The summed E-state index contributed by atoms with van der Waals surface area (Å²) in [5, 5.41) is 10.6. The standard InChI is InChI=1S/C8H15N3O/c1-3-6(2)7(10)8(12)11-5-4-9/h6-7H,3,5,10H2,1-2H3,(H,11,12)/t6?,7-/m0/s1. The van der Waals surface area contributed by atoms with Gasteiger partial charge in [-0.2, -0.15) is 5.26 Å². The summed E-state index contributed by atoms with van der Waals surface area (Å²) in [4.78, 5) is 11.1. The lowest BCUT2D eigenvalue weighted by Crippen LogP contribution is -2.44. The second-order valence-electron chi connectivity index (χ2n) is 2.79. The lowest BCUT2D eigenvalue weighted by Gasteiger charge is -2.16. The maximum atomic E-state index is 11.1. The minimum atomic E-state index is -0.497. The highest BCUT2D eigenvalue weighted by Crippen LogP contribution is 2.04. The van der Waals surface area contributed by atoms with Gasteiger partial charge in [-0.25, -0.2) is 0 Å². The van der Waals surface area contributed by atoms with Crippen molar-refractivity contribution in [2.75, 3.05) is 6.54 Å². The van der Waals surface area contributed by atoms with Crippen molar-refractivity contribution < 1.29 is 4.79 Å². The van der Waals surface area contributed by atoms with Gasteiger partial charge in [0.1, 0.15) is 6.54 Å². The van der Waals surface area contributed by atoms with Gasteiger partial charge in [-0.3, -0.25) is 4.79 Å². The van der Waals surface area contributed by atoms with E-state index in [2.05, 4.69) is 5.32 Å². The van der Waals surface area contributed by atoms with Crippen molar-refractivity contribution in [2.24, 2.45) is 11.7 Å². The number of amides is 1. The van der Waals surface area contributed by atoms with Gasteiger partial charge in [0.25, 0.3) is 0 Å². The Hall–Kier alpha value is -1.08. The van der Waals surface area contributed by atoms with Crippen LogP contribution in [0.1, 0.15) is 20.3 Å². The van der Waals surface area contributed by atoms with Crippen LogP contribution in [-0.4, -0.2) is 18.5 Å². The minimum absolute atomic E-state index is 0.0307. The number of nitrogens with two attached hydrogens (primary N) is 1. The molecule has 4 heteroatoms. The van der Waals surface area contributed by atoms with Crippen molar-refractivity contribution in [3.8, 4) is 6.07 Å². The summed E-state index contributed by atoms with van der Waals surface area (Å²) in [5.41, 5.74) is 5.59. The molecule has 0 spiro atoms. The monoisotopic (exact) mass is 169 g/mol. The van der Waals surface area contributed by atoms with E-state index in [-0.39, 0.29) is 18.4 Å². The van der Waals surface area contributed by atoms with Crippen molar-refractivity contribution in [3.05, 3.63) is 0 Å². The molecule has 0 fully saturated rings. The van der Waals surface area contributed by atoms with E-state index in [9.17, 15) is 4.79 Å². The maximum Gasteiger partial charge on any atom is 0.238 e. The molecule has 0 aliphatic heterocycles. The number of nitriles is 1. The zero-order valence-electron chi connectivity index (χ0n) is 7.50. The van der Waals surface area contributed by atoms with E-state index < -0.39 is 6.04 Å². The highest BCUT2D eigenvalue weighted by atomic mass is 16.2. The molecule has 68 valence electrons. The van der Waals surface area contributed by atoms with Crippen LogP contribution in [0.5, 0.6) is 0 Å². The number of nitrogens with zero attached hydrogens (tertiary/aromatic N) is 1. The number of carbonyl (C=O) groups is 1. The van der Waals surface area contributed by atoms with Crippen LogP contribution in [-0.2, 0) is 4.79 Å². The van der Waals surface area contributed by atoms with Gasteiger partial charge in [-0.05, 0) is 5.92 Å². The average molecular weight is 169 g/mol. The molecule has 0 aliphatic rings. The molecule has 0 aromatic heterocycles. The Kier molecular flexibility index (Phi) is 5.06. The molecule has 0 radical (unpaired) electrons. The van der Waals surface area contributed by atoms with Crippen LogP contribution < -0.4 is 11.1 Å². The number of rotatable bonds is 4. The summed E-state index contributed by atoms with van der Waals surface area (Å²) in [6.45, 7) is 3.92. The number of carbonyl (C=O) groups excluding carboxylic acids is 1. The molecule has 4 nitrogen and oxygen atoms in total. The maximum absolute atomic E-state index is 11.1. The van der Waals surface area contributed by atoms with Crippen LogP contribution in [0.2, 0.25) is 0 Å². The van der Waals surface area contributed by atoms with Gasteiger partial charge >= 0.3 is 0 Å². The van der Waals surface area contributed by atoms with Gasteiger partial charge in [-0.15, -0.1) is 0 Å². The second kappa shape index (κ2) is 5.56. The first kappa shape index (κ1) is 10.9. The van der Waals surface area contributed by atoms with Crippen LogP contribution in [0.4, 0.5) is 0 Å². The summed E-state index contributed by atoms with van der Waals surface area (Å²) in [7, 11) is 0. The summed E-state index contributed by atoms with van der Waals surface area (Å²) in [6.07, 6.45) is 0.862. The van der Waals surface area contributed by atoms with Crippen molar-refractivity contribution in [1.82, 2.24) is 5.32 Å². The molecule has 0 bridgehead atoms. The second-order valence-corrected chi connectivity index (χ2v) is 2.79. The lowest BCUT2D eigenvalue weighted by atomic mass is 9.99. The molecule has 12 heavy (non-hydrogen) atoms. The first-order chi connectivity index (χ1) is 5.63. The molecule has 0 heterocycles. The first-order valence-corrected chi connectivity index (χ1v) is 4.03. The van der Waals surface area contributed by atoms with Crippen LogP contribution in [0.15, 0.2) is 0 Å². The SMILES string of the molecule is CCC(C)[C@H](N)C(=O)NCC#N. The van der Waals surface area contributed by atoms with Crippen LogP contribution in [0.3, 0.4) is 0 Å². The Morgan fingerprint density at radius 1 is 1.75 bits per heavy atom. The molecule has 0 aliphatic carbocycles. The third kappa shape index (κ3) is 3.35. The topological polar surface area (TPSA) is 78.9 Å². The van der Waals surface area contributed by atoms with Crippen LogP contribution in [0, 0.1) is 17.2 Å². The summed E-state index contributed by atoms with van der Waals surface area (Å²) < 4.78 is 0. The van der Waals surface area contributed by atoms with Gasteiger partial charge in [0, 0.05) is 0 Å². The Labute approximate surface area is 72.7 Å². The van der Waals surface area contributed by atoms with Crippen LogP contribution >= 0.6 is 0 Å². The van der Waals surface area contributed by atoms with Gasteiger partial charge < -0.3 is 11.1 Å². The summed E-state index contributed by atoms with van der Waals surface area (Å²) in [6, 6.07) is 1.33. The molecule has 1 amide bonds. The highest BCUT2D eigenvalue weighted by molar-refractivity contribution is 5.81. The Bertz CT molecular complexity index is 185. The molecule has 1 unspecified atom stereocenters. The number of hydrogen-bond acceptors (Lipinski definition) is 3. The zero-order valence-corrected chi connectivity index (χ0v) is 7.50. The first-order valence-electron chi connectivity index (χ1n) is 4.03. The van der Waals surface area contributed by atoms with E-state index in [1.54, 1.807) is 0 Å². The third-order valence-electron chi connectivity index (χ3n) is 1.90. The van der Waals surface area contributed by atoms with E-state index in [0.717, 1.165) is 6.42 Å². The zero-order chi connectivity index (χ0) is 9.56. The molecule has 0 saturated heterocycles. The number of hydrogen-bond donors (Lipinski definition) is 2. The molecule has 0 aromatic rings. The molecule has 3 N–H and O–H groups in total. The van der Waals surface area contributed by atoms with E-state index in [0.29, 0.717) is 0 Å². The molecule has 0 saturated carbocycles. The predicted molar refractivity (Wildman–Crippen MR) is 46.1 cm³/mol. The van der Waals surface area contributed by atoms with Crippen molar-refractivity contribution in [2.45, 2.75) is 26.3 Å². The fourth-order valence-electron chi connectivity index (χ4n) is 0.757. The molecule has 0 rings (SSSR count). The third-order valence-corrected chi connectivity index (χ3v) is 1.90. The Balaban J connectivity index is 3.85. The summed E-state index contributed by atoms with van der Waals surface area (Å²) in [5.74, 6) is -0.0883. The fraction of sp³-hybridized carbons (Fsp3) is 0.750. The fourth-order valence-corrected chi connectivity index (χ4v) is 0.757. The molecule has 2 atom stereocenters. The van der Waals surface area contributed by atoms with Gasteiger partial charge in [0.05, 0.1) is 12.1 Å². The van der Waals surface area contributed by atoms with E-state index in [4.69, 9.17) is 11.0 Å². The Morgan fingerprint density at radius 3 is 2.75 bits per heavy atom. The van der Waals surface area contributed by atoms with Crippen molar-refractivity contribution in [3.63, 3.8) is 0 Å². The van der Waals surface area contributed by atoms with E-state index >= 15 is 0 Å².